The zero-order valence-corrected chi connectivity index (χ0v) is 16.9. The molecule has 0 radical (unpaired) electrons. The molecule has 1 rings (SSSR count). The minimum absolute atomic E-state index is 0.163. The van der Waals surface area contributed by atoms with Crippen LogP contribution in [0.2, 0.25) is 18.1 Å². The molecule has 4 nitrogen and oxygen atoms in total. The first kappa shape index (κ1) is 20.6. The molecule has 0 aliphatic heterocycles. The number of ether oxygens (including phenoxy) is 1. The molecular formula is C19H30O4Si. The predicted molar refractivity (Wildman–Crippen MR) is 98.5 cm³/mol. The topological polar surface area (TPSA) is 52.6 Å². The van der Waals surface area contributed by atoms with Gasteiger partial charge in [-0.15, -0.1) is 0 Å². The number of rotatable bonds is 7. The average Bonchev–Trinajstić information content (AvgIpc) is 2.45. The van der Waals surface area contributed by atoms with Crippen LogP contribution in [-0.2, 0) is 25.4 Å². The second kappa shape index (κ2) is 8.08. The van der Waals surface area contributed by atoms with Gasteiger partial charge in [0.25, 0.3) is 0 Å². The van der Waals surface area contributed by atoms with Crippen molar-refractivity contribution in [1.29, 1.82) is 0 Å². The molecule has 0 bridgehead atoms. The van der Waals surface area contributed by atoms with Crippen molar-refractivity contribution < 1.29 is 18.8 Å². The lowest BCUT2D eigenvalue weighted by Crippen LogP contribution is -2.40. The summed E-state index contributed by atoms with van der Waals surface area (Å²) in [4.78, 5) is 23.8. The monoisotopic (exact) mass is 350 g/mol. The highest BCUT2D eigenvalue weighted by molar-refractivity contribution is 6.74. The van der Waals surface area contributed by atoms with E-state index in [4.69, 9.17) is 9.16 Å². The Morgan fingerprint density at radius 2 is 1.67 bits per heavy atom. The van der Waals surface area contributed by atoms with Crippen LogP contribution >= 0.6 is 0 Å². The molecule has 0 heterocycles. The molecule has 1 atom stereocenters. The quantitative estimate of drug-likeness (QED) is 0.414. The van der Waals surface area contributed by atoms with E-state index in [1.54, 1.807) is 6.92 Å². The number of carbonyl (C=O) groups excluding carboxylic acids is 2. The molecule has 0 N–H and O–H groups in total. The molecule has 5 heteroatoms. The molecule has 0 fully saturated rings. The van der Waals surface area contributed by atoms with Crippen molar-refractivity contribution in [2.45, 2.75) is 65.3 Å². The van der Waals surface area contributed by atoms with E-state index in [0.717, 1.165) is 5.56 Å². The van der Waals surface area contributed by atoms with Crippen molar-refractivity contribution in [2.75, 3.05) is 6.61 Å². The minimum Gasteiger partial charge on any atom is -0.465 e. The lowest BCUT2D eigenvalue weighted by molar-refractivity contribution is -0.147. The summed E-state index contributed by atoms with van der Waals surface area (Å²) in [5.41, 5.74) is 1.70. The molecule has 0 saturated heterocycles. The summed E-state index contributed by atoms with van der Waals surface area (Å²) in [6.45, 7) is 15.0. The lowest BCUT2D eigenvalue weighted by Gasteiger charge is -2.36. The summed E-state index contributed by atoms with van der Waals surface area (Å²) in [7, 11) is -1.80. The van der Waals surface area contributed by atoms with Gasteiger partial charge in [0.05, 0.1) is 13.2 Å². The maximum absolute atomic E-state index is 12.0. The Morgan fingerprint density at radius 3 is 2.08 bits per heavy atom. The van der Waals surface area contributed by atoms with Gasteiger partial charge in [-0.2, -0.15) is 0 Å². The van der Waals surface area contributed by atoms with Crippen LogP contribution in [0.1, 0.15) is 51.7 Å². The van der Waals surface area contributed by atoms with E-state index < -0.39 is 20.2 Å². The van der Waals surface area contributed by atoms with Gasteiger partial charge in [0.15, 0.2) is 8.32 Å². The van der Waals surface area contributed by atoms with Crippen LogP contribution in [-0.4, -0.2) is 26.7 Å². The summed E-state index contributed by atoms with van der Waals surface area (Å²) >= 11 is 0. The average molecular weight is 351 g/mol. The van der Waals surface area contributed by atoms with Crippen LogP contribution < -0.4 is 0 Å². The zero-order chi connectivity index (χ0) is 18.5. The Kier molecular flexibility index (Phi) is 6.93. The molecule has 0 spiro atoms. The Morgan fingerprint density at radius 1 is 1.12 bits per heavy atom. The Hall–Kier alpha value is -1.46. The Bertz CT molecular complexity index is 570. The maximum Gasteiger partial charge on any atom is 0.320 e. The first-order valence-corrected chi connectivity index (χ1v) is 11.3. The van der Waals surface area contributed by atoms with Crippen molar-refractivity contribution >= 4 is 20.1 Å². The fourth-order valence-electron chi connectivity index (χ4n) is 2.05. The van der Waals surface area contributed by atoms with Gasteiger partial charge in [-0.3, -0.25) is 9.59 Å². The predicted octanol–water partition coefficient (Wildman–Crippen LogP) is 4.44. The van der Waals surface area contributed by atoms with Gasteiger partial charge in [-0.25, -0.2) is 0 Å². The molecule has 0 amide bonds. The fraction of sp³-hybridized carbons (Fsp3) is 0.579. The van der Waals surface area contributed by atoms with E-state index in [9.17, 15) is 9.59 Å². The van der Waals surface area contributed by atoms with Gasteiger partial charge in [0.1, 0.15) is 11.7 Å². The van der Waals surface area contributed by atoms with Gasteiger partial charge in [0.2, 0.25) is 0 Å². The van der Waals surface area contributed by atoms with E-state index in [2.05, 4.69) is 33.9 Å². The molecule has 0 aliphatic carbocycles. The number of Topliss-reactive ketones (excluding diaryl/α,β-unsaturated/α-hetero) is 1. The van der Waals surface area contributed by atoms with Crippen LogP contribution in [0.15, 0.2) is 24.3 Å². The van der Waals surface area contributed by atoms with E-state index in [1.165, 1.54) is 6.92 Å². The summed E-state index contributed by atoms with van der Waals surface area (Å²) in [6, 6.07) is 7.45. The maximum atomic E-state index is 12.0. The molecule has 0 saturated carbocycles. The Balaban J connectivity index is 2.85. The number of hydrogen-bond acceptors (Lipinski definition) is 4. The SMILES string of the molecule is CCOC(=O)C(C(C)=O)c1ccc(CO[Si](C)(C)C(C)(C)C)cc1. The van der Waals surface area contributed by atoms with Gasteiger partial charge in [0, 0.05) is 0 Å². The minimum atomic E-state index is -1.80. The molecule has 0 aromatic heterocycles. The summed E-state index contributed by atoms with van der Waals surface area (Å²) in [5.74, 6) is -1.55. The normalized spacial score (nSPS) is 13.5. The number of ketones is 1. The van der Waals surface area contributed by atoms with Crippen molar-refractivity contribution in [3.8, 4) is 0 Å². The van der Waals surface area contributed by atoms with E-state index >= 15 is 0 Å². The number of carbonyl (C=O) groups is 2. The third-order valence-electron chi connectivity index (χ3n) is 4.65. The Labute approximate surface area is 146 Å². The fourth-order valence-corrected chi connectivity index (χ4v) is 3.01. The largest absolute Gasteiger partial charge is 0.465 e. The van der Waals surface area contributed by atoms with Crippen LogP contribution in [0.5, 0.6) is 0 Å². The molecule has 0 aliphatic rings. The van der Waals surface area contributed by atoms with Gasteiger partial charge in [-0.1, -0.05) is 45.0 Å². The van der Waals surface area contributed by atoms with Crippen molar-refractivity contribution in [3.63, 3.8) is 0 Å². The number of esters is 1. The van der Waals surface area contributed by atoms with E-state index in [0.29, 0.717) is 12.2 Å². The zero-order valence-electron chi connectivity index (χ0n) is 15.9. The van der Waals surface area contributed by atoms with Gasteiger partial charge in [-0.05, 0) is 43.1 Å². The summed E-state index contributed by atoms with van der Waals surface area (Å²) in [6.07, 6.45) is 0. The van der Waals surface area contributed by atoms with Crippen LogP contribution in [0.4, 0.5) is 0 Å². The highest BCUT2D eigenvalue weighted by Crippen LogP contribution is 2.37. The third kappa shape index (κ3) is 5.28. The van der Waals surface area contributed by atoms with Crippen molar-refractivity contribution in [1.82, 2.24) is 0 Å². The highest BCUT2D eigenvalue weighted by atomic mass is 28.4. The first-order valence-electron chi connectivity index (χ1n) is 8.39. The second-order valence-corrected chi connectivity index (χ2v) is 12.4. The standard InChI is InChI=1S/C19H30O4Si/c1-8-22-18(21)17(14(2)20)16-11-9-15(10-12-16)13-23-24(6,7)19(3,4)5/h9-12,17H,8,13H2,1-7H3. The highest BCUT2D eigenvalue weighted by Gasteiger charge is 2.37. The lowest BCUT2D eigenvalue weighted by atomic mass is 9.95. The number of hydrogen-bond donors (Lipinski definition) is 0. The van der Waals surface area contributed by atoms with Crippen LogP contribution in [0, 0.1) is 0 Å². The summed E-state index contributed by atoms with van der Waals surface area (Å²) < 4.78 is 11.2. The van der Waals surface area contributed by atoms with Crippen LogP contribution in [0.25, 0.3) is 0 Å². The second-order valence-electron chi connectivity index (χ2n) is 7.59. The van der Waals surface area contributed by atoms with Gasteiger partial charge < -0.3 is 9.16 Å². The van der Waals surface area contributed by atoms with E-state index in [-0.39, 0.29) is 17.4 Å². The molecular weight excluding hydrogens is 320 g/mol. The van der Waals surface area contributed by atoms with Crippen molar-refractivity contribution in [2.24, 2.45) is 0 Å². The van der Waals surface area contributed by atoms with Crippen LogP contribution in [0.3, 0.4) is 0 Å². The summed E-state index contributed by atoms with van der Waals surface area (Å²) in [5, 5.41) is 0.163. The molecule has 1 aromatic carbocycles. The smallest absolute Gasteiger partial charge is 0.320 e. The first-order chi connectivity index (χ1) is 11.0. The molecule has 134 valence electrons. The molecule has 1 aromatic rings. The van der Waals surface area contributed by atoms with Gasteiger partial charge >= 0.3 is 5.97 Å². The third-order valence-corrected chi connectivity index (χ3v) is 9.13. The number of benzene rings is 1. The molecule has 24 heavy (non-hydrogen) atoms. The van der Waals surface area contributed by atoms with E-state index in [1.807, 2.05) is 24.3 Å². The molecule has 1 unspecified atom stereocenters. The van der Waals surface area contributed by atoms with Crippen molar-refractivity contribution in [3.05, 3.63) is 35.4 Å².